The molecule has 1 nitrogen and oxygen atoms in total. The van der Waals surface area contributed by atoms with Crippen LogP contribution < -0.4 is 0 Å². The van der Waals surface area contributed by atoms with Crippen molar-refractivity contribution in [2.75, 3.05) is 6.61 Å². The molecule has 1 fully saturated rings. The summed E-state index contributed by atoms with van der Waals surface area (Å²) >= 11 is 0. The Balaban J connectivity index is 1.73. The molecule has 0 unspecified atom stereocenters. The second-order valence-electron chi connectivity index (χ2n) is 3.35. The van der Waals surface area contributed by atoms with Gasteiger partial charge in [-0.2, -0.15) is 0 Å². The minimum absolute atomic E-state index is 0.823. The second-order valence-corrected chi connectivity index (χ2v) is 3.35. The van der Waals surface area contributed by atoms with Crippen molar-refractivity contribution in [1.82, 2.24) is 0 Å². The Kier molecular flexibility index (Phi) is 4.60. The molecule has 65 valence electrons. The fourth-order valence-corrected chi connectivity index (χ4v) is 1.47. The molecular weight excluding hydrogens is 136 g/mol. The molecule has 0 N–H and O–H groups in total. The maximum Gasteiger partial charge on any atom is 0.0836 e. The van der Waals surface area contributed by atoms with Gasteiger partial charge >= 0.3 is 0 Å². The lowest BCUT2D eigenvalue weighted by Crippen LogP contribution is -2.10. The molecule has 1 aliphatic rings. The average Bonchev–Trinajstić information content (AvgIpc) is 1.93. The fourth-order valence-electron chi connectivity index (χ4n) is 1.47. The summed E-state index contributed by atoms with van der Waals surface area (Å²) in [6.07, 6.45) is 8.32. The molecule has 0 aromatic carbocycles. The standard InChI is InChI=1S/C10H19O/c1-2-11-9-4-3-6-10-7-5-8-10/h9-10H,2-8H2,1H3. The molecule has 0 atom stereocenters. The van der Waals surface area contributed by atoms with Crippen LogP contribution in [0.1, 0.15) is 45.4 Å². The number of ether oxygens (including phenoxy) is 1. The van der Waals surface area contributed by atoms with Crippen LogP contribution in [0.5, 0.6) is 0 Å². The van der Waals surface area contributed by atoms with Crippen LogP contribution >= 0.6 is 0 Å². The maximum atomic E-state index is 5.14. The molecule has 0 amide bonds. The molecule has 0 aromatic rings. The van der Waals surface area contributed by atoms with Crippen LogP contribution in [0.15, 0.2) is 0 Å². The summed E-state index contributed by atoms with van der Waals surface area (Å²) in [7, 11) is 0. The van der Waals surface area contributed by atoms with Crippen molar-refractivity contribution < 1.29 is 4.74 Å². The van der Waals surface area contributed by atoms with Crippen LogP contribution in [0.4, 0.5) is 0 Å². The summed E-state index contributed by atoms with van der Waals surface area (Å²) in [5.41, 5.74) is 0. The maximum absolute atomic E-state index is 5.14. The van der Waals surface area contributed by atoms with Crippen molar-refractivity contribution in [2.45, 2.75) is 45.4 Å². The van der Waals surface area contributed by atoms with Gasteiger partial charge in [0.2, 0.25) is 0 Å². The van der Waals surface area contributed by atoms with Crippen LogP contribution in [0.2, 0.25) is 0 Å². The number of hydrogen-bond donors (Lipinski definition) is 0. The Morgan fingerprint density at radius 2 is 2.27 bits per heavy atom. The van der Waals surface area contributed by atoms with Gasteiger partial charge in [-0.15, -0.1) is 0 Å². The van der Waals surface area contributed by atoms with Crippen LogP contribution in [-0.4, -0.2) is 6.61 Å². The largest absolute Gasteiger partial charge is 0.376 e. The van der Waals surface area contributed by atoms with Crippen molar-refractivity contribution in [1.29, 1.82) is 0 Å². The molecule has 0 spiro atoms. The first-order valence-electron chi connectivity index (χ1n) is 4.86. The van der Waals surface area contributed by atoms with Gasteiger partial charge in [-0.3, -0.25) is 0 Å². The lowest BCUT2D eigenvalue weighted by Gasteiger charge is -2.24. The molecule has 0 aliphatic heterocycles. The van der Waals surface area contributed by atoms with Gasteiger partial charge < -0.3 is 4.74 Å². The van der Waals surface area contributed by atoms with E-state index < -0.39 is 0 Å². The molecule has 11 heavy (non-hydrogen) atoms. The number of hydrogen-bond acceptors (Lipinski definition) is 1. The summed E-state index contributed by atoms with van der Waals surface area (Å²) in [6, 6.07) is 0. The summed E-state index contributed by atoms with van der Waals surface area (Å²) in [5.74, 6) is 1.06. The van der Waals surface area contributed by atoms with E-state index >= 15 is 0 Å². The van der Waals surface area contributed by atoms with Gasteiger partial charge in [0.1, 0.15) is 0 Å². The molecule has 0 heterocycles. The lowest BCUT2D eigenvalue weighted by atomic mass is 9.82. The third-order valence-corrected chi connectivity index (χ3v) is 2.44. The van der Waals surface area contributed by atoms with Gasteiger partial charge in [-0.05, 0) is 19.3 Å². The van der Waals surface area contributed by atoms with Crippen molar-refractivity contribution in [3.8, 4) is 0 Å². The van der Waals surface area contributed by atoms with E-state index in [1.807, 2.05) is 13.5 Å². The van der Waals surface area contributed by atoms with Gasteiger partial charge in [-0.1, -0.05) is 32.1 Å². The Labute approximate surface area is 70.1 Å². The molecule has 1 rings (SSSR count). The van der Waals surface area contributed by atoms with Gasteiger partial charge in [-0.25, -0.2) is 0 Å². The van der Waals surface area contributed by atoms with E-state index in [9.17, 15) is 0 Å². The molecular formula is C10H19O. The normalized spacial score (nSPS) is 18.3. The van der Waals surface area contributed by atoms with Crippen molar-refractivity contribution >= 4 is 0 Å². The van der Waals surface area contributed by atoms with Gasteiger partial charge in [0.15, 0.2) is 0 Å². The molecule has 1 saturated carbocycles. The third kappa shape index (κ3) is 3.76. The molecule has 0 bridgehead atoms. The smallest absolute Gasteiger partial charge is 0.0836 e. The number of unbranched alkanes of at least 4 members (excludes halogenated alkanes) is 1. The Bertz CT molecular complexity index is 86.9. The summed E-state index contributed by atoms with van der Waals surface area (Å²) in [5, 5.41) is 0. The zero-order valence-electron chi connectivity index (χ0n) is 7.51. The lowest BCUT2D eigenvalue weighted by molar-refractivity contribution is 0.200. The fraction of sp³-hybridized carbons (Fsp3) is 0.900. The van der Waals surface area contributed by atoms with Crippen LogP contribution in [0.3, 0.4) is 0 Å². The zero-order chi connectivity index (χ0) is 7.94. The second kappa shape index (κ2) is 5.59. The van der Waals surface area contributed by atoms with Crippen molar-refractivity contribution in [2.24, 2.45) is 5.92 Å². The van der Waals surface area contributed by atoms with E-state index in [2.05, 4.69) is 0 Å². The third-order valence-electron chi connectivity index (χ3n) is 2.44. The van der Waals surface area contributed by atoms with E-state index in [-0.39, 0.29) is 0 Å². The van der Waals surface area contributed by atoms with E-state index in [0.29, 0.717) is 0 Å². The zero-order valence-corrected chi connectivity index (χ0v) is 7.51. The molecule has 0 saturated heterocycles. The van der Waals surface area contributed by atoms with E-state index in [0.717, 1.165) is 18.9 Å². The highest BCUT2D eigenvalue weighted by Crippen LogP contribution is 2.30. The van der Waals surface area contributed by atoms with E-state index in [1.165, 1.54) is 32.1 Å². The predicted octanol–water partition coefficient (Wildman–Crippen LogP) is 3.16. The van der Waals surface area contributed by atoms with Crippen molar-refractivity contribution in [3.63, 3.8) is 0 Å². The Hall–Kier alpha value is -0.0400. The van der Waals surface area contributed by atoms with E-state index in [1.54, 1.807) is 0 Å². The first-order chi connectivity index (χ1) is 5.43. The van der Waals surface area contributed by atoms with E-state index in [4.69, 9.17) is 4.74 Å². The highest BCUT2D eigenvalue weighted by Gasteiger charge is 2.15. The van der Waals surface area contributed by atoms with Crippen molar-refractivity contribution in [3.05, 3.63) is 6.61 Å². The first kappa shape index (κ1) is 9.05. The van der Waals surface area contributed by atoms with Gasteiger partial charge in [0.05, 0.1) is 6.61 Å². The first-order valence-corrected chi connectivity index (χ1v) is 4.86. The topological polar surface area (TPSA) is 9.23 Å². The molecule has 1 heteroatoms. The predicted molar refractivity (Wildman–Crippen MR) is 47.1 cm³/mol. The highest BCUT2D eigenvalue weighted by molar-refractivity contribution is 4.69. The van der Waals surface area contributed by atoms with Gasteiger partial charge in [0.25, 0.3) is 0 Å². The SMILES string of the molecule is CCO[CH]CCCC1CCC1. The Morgan fingerprint density at radius 3 is 2.82 bits per heavy atom. The minimum atomic E-state index is 0.823. The van der Waals surface area contributed by atoms with Crippen LogP contribution in [-0.2, 0) is 4.74 Å². The van der Waals surface area contributed by atoms with Crippen LogP contribution in [0.25, 0.3) is 0 Å². The minimum Gasteiger partial charge on any atom is -0.376 e. The molecule has 1 radical (unpaired) electrons. The monoisotopic (exact) mass is 155 g/mol. The summed E-state index contributed by atoms with van der Waals surface area (Å²) < 4.78 is 5.14. The Morgan fingerprint density at radius 1 is 1.45 bits per heavy atom. The quantitative estimate of drug-likeness (QED) is 0.535. The summed E-state index contributed by atoms with van der Waals surface area (Å²) in [6.45, 7) is 4.81. The van der Waals surface area contributed by atoms with Crippen LogP contribution in [0, 0.1) is 12.5 Å². The average molecular weight is 155 g/mol. The van der Waals surface area contributed by atoms with Gasteiger partial charge in [0, 0.05) is 6.61 Å². The highest BCUT2D eigenvalue weighted by atomic mass is 16.5. The summed E-state index contributed by atoms with van der Waals surface area (Å²) in [4.78, 5) is 0. The molecule has 0 aromatic heterocycles. The number of rotatable bonds is 6. The molecule has 1 aliphatic carbocycles.